The van der Waals surface area contributed by atoms with Gasteiger partial charge in [0.25, 0.3) is 0 Å². The Balaban J connectivity index is 2.24. The number of rotatable bonds is 10. The fourth-order valence-electron chi connectivity index (χ4n) is 1.72. The van der Waals surface area contributed by atoms with E-state index in [1.807, 2.05) is 0 Å². The van der Waals surface area contributed by atoms with Crippen LogP contribution in [0.1, 0.15) is 32.6 Å². The zero-order chi connectivity index (χ0) is 14.8. The number of para-hydroxylation sites is 2. The van der Waals surface area contributed by atoms with Gasteiger partial charge in [0.2, 0.25) is 10.0 Å². The lowest BCUT2D eigenvalue weighted by molar-refractivity contribution is 0.342. The van der Waals surface area contributed by atoms with Gasteiger partial charge in [0.1, 0.15) is 12.4 Å². The summed E-state index contributed by atoms with van der Waals surface area (Å²) in [6.07, 6.45) is 4.20. The number of ether oxygens (including phenoxy) is 1. The van der Waals surface area contributed by atoms with Crippen LogP contribution in [-0.2, 0) is 10.0 Å². The Bertz CT molecular complexity index is 489. The molecule has 20 heavy (non-hydrogen) atoms. The molecule has 6 heteroatoms. The monoisotopic (exact) mass is 300 g/mol. The molecule has 0 aliphatic rings. The van der Waals surface area contributed by atoms with Crippen LogP contribution in [0.25, 0.3) is 0 Å². The molecule has 0 unspecified atom stereocenters. The summed E-state index contributed by atoms with van der Waals surface area (Å²) in [6.45, 7) is 2.71. The highest BCUT2D eigenvalue weighted by Gasteiger charge is 2.10. The first-order valence-corrected chi connectivity index (χ1v) is 8.65. The molecule has 0 bridgehead atoms. The van der Waals surface area contributed by atoms with Crippen molar-refractivity contribution in [3.05, 3.63) is 24.3 Å². The summed E-state index contributed by atoms with van der Waals surface area (Å²) >= 11 is 0. The Morgan fingerprint density at radius 2 is 1.95 bits per heavy atom. The SMILES string of the molecule is CCCCCCNS(=O)(=O)CCOc1ccccc1N. The second kappa shape index (κ2) is 8.81. The van der Waals surface area contributed by atoms with Crippen LogP contribution in [0.4, 0.5) is 5.69 Å². The zero-order valence-corrected chi connectivity index (χ0v) is 12.8. The van der Waals surface area contributed by atoms with E-state index in [0.717, 1.165) is 25.7 Å². The van der Waals surface area contributed by atoms with Gasteiger partial charge < -0.3 is 10.5 Å². The van der Waals surface area contributed by atoms with E-state index in [1.165, 1.54) is 0 Å². The fourth-order valence-corrected chi connectivity index (χ4v) is 2.63. The summed E-state index contributed by atoms with van der Waals surface area (Å²) in [5, 5.41) is 0. The standard InChI is InChI=1S/C14H24N2O3S/c1-2-3-4-7-10-16-20(17,18)12-11-19-14-9-6-5-8-13(14)15/h5-6,8-9,16H,2-4,7,10-12,15H2,1H3. The van der Waals surface area contributed by atoms with Crippen LogP contribution in [0.15, 0.2) is 24.3 Å². The van der Waals surface area contributed by atoms with Gasteiger partial charge in [0.05, 0.1) is 11.4 Å². The molecule has 0 spiro atoms. The molecule has 0 atom stereocenters. The molecule has 0 aliphatic carbocycles. The van der Waals surface area contributed by atoms with Crippen molar-refractivity contribution in [2.24, 2.45) is 0 Å². The molecule has 5 nitrogen and oxygen atoms in total. The maximum Gasteiger partial charge on any atom is 0.214 e. The number of anilines is 1. The number of benzene rings is 1. The molecule has 0 aliphatic heterocycles. The average Bonchev–Trinajstić information content (AvgIpc) is 2.40. The first-order chi connectivity index (χ1) is 9.55. The zero-order valence-electron chi connectivity index (χ0n) is 12.0. The van der Waals surface area contributed by atoms with Gasteiger partial charge in [0.15, 0.2) is 0 Å². The second-order valence-corrected chi connectivity index (χ2v) is 6.59. The lowest BCUT2D eigenvalue weighted by Crippen LogP contribution is -2.29. The van der Waals surface area contributed by atoms with Crippen LogP contribution in [0.2, 0.25) is 0 Å². The maximum atomic E-state index is 11.7. The molecule has 0 fully saturated rings. The van der Waals surface area contributed by atoms with Crippen molar-refractivity contribution in [2.45, 2.75) is 32.6 Å². The van der Waals surface area contributed by atoms with Crippen molar-refractivity contribution >= 4 is 15.7 Å². The minimum atomic E-state index is -3.27. The van der Waals surface area contributed by atoms with E-state index in [-0.39, 0.29) is 12.4 Å². The summed E-state index contributed by atoms with van der Waals surface area (Å²) in [5.74, 6) is 0.459. The average molecular weight is 300 g/mol. The van der Waals surface area contributed by atoms with Gasteiger partial charge in [-0.05, 0) is 18.6 Å². The highest BCUT2D eigenvalue weighted by molar-refractivity contribution is 7.89. The molecule has 0 saturated heterocycles. The van der Waals surface area contributed by atoms with Crippen LogP contribution in [0.3, 0.4) is 0 Å². The minimum Gasteiger partial charge on any atom is -0.490 e. The smallest absolute Gasteiger partial charge is 0.214 e. The third kappa shape index (κ3) is 6.77. The van der Waals surface area contributed by atoms with E-state index >= 15 is 0 Å². The van der Waals surface area contributed by atoms with Gasteiger partial charge in [-0.2, -0.15) is 0 Å². The second-order valence-electron chi connectivity index (χ2n) is 4.66. The minimum absolute atomic E-state index is 0.0604. The van der Waals surface area contributed by atoms with E-state index in [1.54, 1.807) is 24.3 Å². The van der Waals surface area contributed by atoms with E-state index in [0.29, 0.717) is 18.0 Å². The van der Waals surface area contributed by atoms with E-state index in [2.05, 4.69) is 11.6 Å². The third-order valence-corrected chi connectivity index (χ3v) is 4.23. The highest BCUT2D eigenvalue weighted by Crippen LogP contribution is 2.19. The van der Waals surface area contributed by atoms with E-state index in [4.69, 9.17) is 10.5 Å². The normalized spacial score (nSPS) is 11.4. The number of hydrogen-bond donors (Lipinski definition) is 2. The van der Waals surface area contributed by atoms with Crippen molar-refractivity contribution in [1.82, 2.24) is 4.72 Å². The molecule has 114 valence electrons. The summed E-state index contributed by atoms with van der Waals surface area (Å²) in [6, 6.07) is 7.04. The van der Waals surface area contributed by atoms with Crippen LogP contribution in [0.5, 0.6) is 5.75 Å². The van der Waals surface area contributed by atoms with Crippen molar-refractivity contribution in [1.29, 1.82) is 0 Å². The Labute approximate surface area is 121 Å². The van der Waals surface area contributed by atoms with E-state index < -0.39 is 10.0 Å². The molecule has 3 N–H and O–H groups in total. The van der Waals surface area contributed by atoms with Crippen LogP contribution in [-0.4, -0.2) is 27.3 Å². The van der Waals surface area contributed by atoms with Gasteiger partial charge >= 0.3 is 0 Å². The molecule has 1 aromatic rings. The third-order valence-electron chi connectivity index (χ3n) is 2.88. The molecule has 0 amide bonds. The van der Waals surface area contributed by atoms with Crippen LogP contribution < -0.4 is 15.2 Å². The lowest BCUT2D eigenvalue weighted by Gasteiger charge is -2.09. The van der Waals surface area contributed by atoms with Crippen LogP contribution in [0, 0.1) is 0 Å². The van der Waals surface area contributed by atoms with Gasteiger partial charge in [-0.15, -0.1) is 0 Å². The molecule has 0 aromatic heterocycles. The Morgan fingerprint density at radius 3 is 2.65 bits per heavy atom. The Hall–Kier alpha value is -1.27. The summed E-state index contributed by atoms with van der Waals surface area (Å²) in [5.41, 5.74) is 6.22. The maximum absolute atomic E-state index is 11.7. The van der Waals surface area contributed by atoms with Gasteiger partial charge in [-0.1, -0.05) is 38.3 Å². The number of sulfonamides is 1. The van der Waals surface area contributed by atoms with Crippen LogP contribution >= 0.6 is 0 Å². The Morgan fingerprint density at radius 1 is 1.20 bits per heavy atom. The highest BCUT2D eigenvalue weighted by atomic mass is 32.2. The van der Waals surface area contributed by atoms with Crippen molar-refractivity contribution < 1.29 is 13.2 Å². The van der Waals surface area contributed by atoms with Gasteiger partial charge in [0, 0.05) is 6.54 Å². The molecule has 0 heterocycles. The van der Waals surface area contributed by atoms with Gasteiger partial charge in [-0.25, -0.2) is 13.1 Å². The van der Waals surface area contributed by atoms with Crippen molar-refractivity contribution in [2.75, 3.05) is 24.6 Å². The number of nitrogens with two attached hydrogens (primary N) is 1. The molecule has 0 saturated carbocycles. The fraction of sp³-hybridized carbons (Fsp3) is 0.571. The molecule has 1 aromatic carbocycles. The van der Waals surface area contributed by atoms with E-state index in [9.17, 15) is 8.42 Å². The largest absolute Gasteiger partial charge is 0.490 e. The summed E-state index contributed by atoms with van der Waals surface area (Å²) in [4.78, 5) is 0. The van der Waals surface area contributed by atoms with Crippen molar-refractivity contribution in [3.63, 3.8) is 0 Å². The van der Waals surface area contributed by atoms with Gasteiger partial charge in [-0.3, -0.25) is 0 Å². The molecular weight excluding hydrogens is 276 g/mol. The first kappa shape index (κ1) is 16.8. The molecule has 1 rings (SSSR count). The predicted molar refractivity (Wildman–Crippen MR) is 82.3 cm³/mol. The molecule has 0 radical (unpaired) electrons. The summed E-state index contributed by atoms with van der Waals surface area (Å²) < 4.78 is 31.4. The lowest BCUT2D eigenvalue weighted by atomic mass is 10.2. The quantitative estimate of drug-likeness (QED) is 0.512. The predicted octanol–water partition coefficient (Wildman–Crippen LogP) is 2.15. The van der Waals surface area contributed by atoms with Crippen molar-refractivity contribution in [3.8, 4) is 5.75 Å². The number of nitrogens with one attached hydrogen (secondary N) is 1. The number of unbranched alkanes of at least 4 members (excludes halogenated alkanes) is 3. The Kier molecular flexibility index (Phi) is 7.40. The number of hydrogen-bond acceptors (Lipinski definition) is 4. The first-order valence-electron chi connectivity index (χ1n) is 7.00. The molecular formula is C14H24N2O3S. The topological polar surface area (TPSA) is 81.4 Å². The number of nitrogen functional groups attached to an aromatic ring is 1. The summed E-state index contributed by atoms with van der Waals surface area (Å²) in [7, 11) is -3.27.